The molecular weight excluding hydrogens is 299 g/mol. The van der Waals surface area contributed by atoms with E-state index in [4.69, 9.17) is 15.0 Å². The molecule has 0 amide bonds. The van der Waals surface area contributed by atoms with Crippen molar-refractivity contribution >= 4 is 35.7 Å². The predicted octanol–water partition coefficient (Wildman–Crippen LogP) is 5.72. The van der Waals surface area contributed by atoms with Gasteiger partial charge in [0.1, 0.15) is 0 Å². The first kappa shape index (κ1) is 24.7. The molecule has 0 aliphatic rings. The normalized spacial score (nSPS) is 9.43. The minimum atomic E-state index is -1.83. The zero-order valence-electron chi connectivity index (χ0n) is 14.0. The first-order valence-corrected chi connectivity index (χ1v) is 8.62. The molecule has 128 valence electrons. The first-order valence-electron chi connectivity index (χ1n) is 8.62. The topological polar surface area (TPSA) is 57.5 Å². The van der Waals surface area contributed by atoms with Gasteiger partial charge in [-0.15, -0.1) is 0 Å². The average molecular weight is 332 g/mol. The van der Waals surface area contributed by atoms with E-state index in [2.05, 4.69) is 37.3 Å². The van der Waals surface area contributed by atoms with Gasteiger partial charge >= 0.3 is 35.7 Å². The monoisotopic (exact) mass is 332 g/mol. The quantitative estimate of drug-likeness (QED) is 0.402. The third-order valence-corrected chi connectivity index (χ3v) is 3.66. The molecule has 3 nitrogen and oxygen atoms in total. The second kappa shape index (κ2) is 19.5. The Morgan fingerprint density at radius 1 is 0.783 bits per heavy atom. The van der Waals surface area contributed by atoms with Crippen molar-refractivity contribution in [1.29, 1.82) is 0 Å². The number of aryl methyl sites for hydroxylation is 1. The number of carbonyl (C=O) groups is 1. The van der Waals surface area contributed by atoms with Gasteiger partial charge in [0.2, 0.25) is 0 Å². The van der Waals surface area contributed by atoms with Crippen LogP contribution in [0.15, 0.2) is 30.3 Å². The van der Waals surface area contributed by atoms with Crippen molar-refractivity contribution in [2.45, 2.75) is 77.6 Å². The molecule has 0 aliphatic heterocycles. The number of hydrogen-bond donors (Lipinski definition) is 2. The van der Waals surface area contributed by atoms with Crippen molar-refractivity contribution in [3.05, 3.63) is 35.9 Å². The van der Waals surface area contributed by atoms with Crippen LogP contribution in [-0.2, 0) is 6.42 Å². The Labute approximate surface area is 163 Å². The molecule has 0 saturated carbocycles. The second-order valence-electron chi connectivity index (χ2n) is 5.70. The Hall–Kier alpha value is -0.510. The Kier molecular flexibility index (Phi) is 21.0. The summed E-state index contributed by atoms with van der Waals surface area (Å²) in [5.41, 5.74) is 1.50. The van der Waals surface area contributed by atoms with Gasteiger partial charge in [0.25, 0.3) is 0 Å². The van der Waals surface area contributed by atoms with Crippen LogP contribution in [0.1, 0.15) is 76.7 Å². The molecule has 1 aromatic rings. The van der Waals surface area contributed by atoms with E-state index in [0.29, 0.717) is 0 Å². The summed E-state index contributed by atoms with van der Waals surface area (Å²) in [4.78, 5) is 8.56. The Morgan fingerprint density at radius 2 is 1.17 bits per heavy atom. The summed E-state index contributed by atoms with van der Waals surface area (Å²) in [5, 5.41) is 13.9. The van der Waals surface area contributed by atoms with E-state index in [-0.39, 0.29) is 29.6 Å². The average Bonchev–Trinajstić information content (AvgIpc) is 2.50. The molecule has 0 aromatic heterocycles. The van der Waals surface area contributed by atoms with Gasteiger partial charge in [-0.05, 0) is 18.4 Å². The summed E-state index contributed by atoms with van der Waals surface area (Å²) in [7, 11) is 0. The first-order chi connectivity index (χ1) is 10.7. The molecule has 0 atom stereocenters. The molecule has 0 bridgehead atoms. The Balaban J connectivity index is 0. The van der Waals surface area contributed by atoms with Gasteiger partial charge in [0, 0.05) is 0 Å². The van der Waals surface area contributed by atoms with Crippen molar-refractivity contribution in [2.24, 2.45) is 0 Å². The van der Waals surface area contributed by atoms with E-state index < -0.39 is 6.16 Å². The molecule has 23 heavy (non-hydrogen) atoms. The second-order valence-corrected chi connectivity index (χ2v) is 5.70. The van der Waals surface area contributed by atoms with Crippen molar-refractivity contribution in [2.75, 3.05) is 0 Å². The van der Waals surface area contributed by atoms with E-state index in [0.717, 1.165) is 0 Å². The summed E-state index contributed by atoms with van der Waals surface area (Å²) in [6.45, 7) is 2.28. The molecular formula is C19H33NaO3. The summed E-state index contributed by atoms with van der Waals surface area (Å²) >= 11 is 0. The maximum atomic E-state index is 8.56. The van der Waals surface area contributed by atoms with Crippen LogP contribution < -0.4 is 0 Å². The predicted molar refractivity (Wildman–Crippen MR) is 99.8 cm³/mol. The fraction of sp³-hybridized carbons (Fsp3) is 0.632. The fourth-order valence-electron chi connectivity index (χ4n) is 2.46. The molecule has 1 rings (SSSR count). The molecule has 0 heterocycles. The number of unbranched alkanes of at least 4 members (excludes halogenated alkanes) is 9. The van der Waals surface area contributed by atoms with Gasteiger partial charge in [-0.25, -0.2) is 4.79 Å². The van der Waals surface area contributed by atoms with E-state index in [1.165, 1.54) is 76.2 Å². The zero-order chi connectivity index (χ0) is 16.5. The maximum absolute atomic E-state index is 8.56. The van der Waals surface area contributed by atoms with Crippen molar-refractivity contribution < 1.29 is 15.0 Å². The van der Waals surface area contributed by atoms with E-state index in [9.17, 15) is 0 Å². The van der Waals surface area contributed by atoms with Crippen LogP contribution in [-0.4, -0.2) is 45.9 Å². The zero-order valence-corrected chi connectivity index (χ0v) is 14.0. The molecule has 2 N–H and O–H groups in total. The molecule has 0 radical (unpaired) electrons. The van der Waals surface area contributed by atoms with Gasteiger partial charge in [0.05, 0.1) is 0 Å². The Bertz CT molecular complexity index is 351. The van der Waals surface area contributed by atoms with Crippen molar-refractivity contribution in [1.82, 2.24) is 0 Å². The van der Waals surface area contributed by atoms with E-state index in [1.54, 1.807) is 0 Å². The number of hydrogen-bond acceptors (Lipinski definition) is 1. The van der Waals surface area contributed by atoms with E-state index in [1.807, 2.05) is 0 Å². The van der Waals surface area contributed by atoms with Crippen LogP contribution in [0.25, 0.3) is 0 Å². The molecule has 1 aromatic carbocycles. The minimum absolute atomic E-state index is 0. The summed E-state index contributed by atoms with van der Waals surface area (Å²) < 4.78 is 0. The van der Waals surface area contributed by atoms with Crippen molar-refractivity contribution in [3.63, 3.8) is 0 Å². The molecule has 0 fully saturated rings. The standard InChI is InChI=1S/C18H30.CH2O3.Na.H/c1-2-3-4-5-6-7-8-9-10-12-15-18-16-13-11-14-17-18;2-1(3)4;;/h11,13-14,16-17H,2-10,12,15H2,1H3;(H2,2,3,4);;. The number of benzene rings is 1. The van der Waals surface area contributed by atoms with E-state index >= 15 is 0 Å². The van der Waals surface area contributed by atoms with Gasteiger partial charge < -0.3 is 10.2 Å². The van der Waals surface area contributed by atoms with Crippen LogP contribution in [0.4, 0.5) is 4.79 Å². The van der Waals surface area contributed by atoms with Crippen molar-refractivity contribution in [3.8, 4) is 0 Å². The summed E-state index contributed by atoms with van der Waals surface area (Å²) in [6.07, 6.45) is 13.7. The van der Waals surface area contributed by atoms with Gasteiger partial charge in [-0.3, -0.25) is 0 Å². The SMILES string of the molecule is CCCCCCCCCCCCc1ccccc1.O=C(O)O.[NaH]. The number of rotatable bonds is 11. The van der Waals surface area contributed by atoms with Crippen LogP contribution in [0, 0.1) is 0 Å². The molecule has 0 saturated heterocycles. The summed E-state index contributed by atoms with van der Waals surface area (Å²) in [6, 6.07) is 10.9. The molecule has 4 heteroatoms. The van der Waals surface area contributed by atoms with Gasteiger partial charge in [-0.2, -0.15) is 0 Å². The number of carboxylic acid groups (broad SMARTS) is 2. The van der Waals surface area contributed by atoms with Crippen LogP contribution in [0.2, 0.25) is 0 Å². The third kappa shape index (κ3) is 21.5. The Morgan fingerprint density at radius 3 is 1.61 bits per heavy atom. The third-order valence-electron chi connectivity index (χ3n) is 3.66. The van der Waals surface area contributed by atoms with Crippen LogP contribution >= 0.6 is 0 Å². The van der Waals surface area contributed by atoms with Crippen LogP contribution in [0.5, 0.6) is 0 Å². The van der Waals surface area contributed by atoms with Crippen LogP contribution in [0.3, 0.4) is 0 Å². The fourth-order valence-corrected chi connectivity index (χ4v) is 2.46. The van der Waals surface area contributed by atoms with Gasteiger partial charge in [-0.1, -0.05) is 95.0 Å². The van der Waals surface area contributed by atoms with Gasteiger partial charge in [0.15, 0.2) is 0 Å². The molecule has 0 spiro atoms. The summed E-state index contributed by atoms with van der Waals surface area (Å²) in [5.74, 6) is 0. The molecule has 0 aliphatic carbocycles. The molecule has 0 unspecified atom stereocenters.